The number of hydrogen-bond donors (Lipinski definition) is 2. The van der Waals surface area contributed by atoms with Crippen LogP contribution in [0.15, 0.2) is 0 Å². The Kier molecular flexibility index (Phi) is 5.15. The summed E-state index contributed by atoms with van der Waals surface area (Å²) in [5.41, 5.74) is 0.882. The number of carbonyl (C=O) groups is 1. The van der Waals surface area contributed by atoms with Crippen LogP contribution in [-0.4, -0.2) is 22.3 Å². The maximum atomic E-state index is 11.0. The fraction of sp³-hybridized carbons (Fsp3) is 0.958. The number of aliphatic carboxylic acids is 1. The molecule has 4 rings (SSSR count). The lowest BCUT2D eigenvalue weighted by molar-refractivity contribution is -0.138. The molecule has 0 aromatic heterocycles. The second kappa shape index (κ2) is 7.04. The molecule has 4 aliphatic rings. The van der Waals surface area contributed by atoms with Gasteiger partial charge in [-0.2, -0.15) is 0 Å². The van der Waals surface area contributed by atoms with Crippen LogP contribution in [-0.2, 0) is 4.79 Å². The Morgan fingerprint density at radius 2 is 1.70 bits per heavy atom. The number of rotatable bonds is 4. The highest BCUT2D eigenvalue weighted by Crippen LogP contribution is 2.68. The minimum Gasteiger partial charge on any atom is -0.481 e. The normalized spacial score (nSPS) is 50.4. The zero-order valence-electron chi connectivity index (χ0n) is 17.6. The Morgan fingerprint density at radius 3 is 2.44 bits per heavy atom. The van der Waals surface area contributed by atoms with Crippen LogP contribution < -0.4 is 0 Å². The topological polar surface area (TPSA) is 57.5 Å². The number of carboxylic acid groups (broad SMARTS) is 1. The molecule has 0 amide bonds. The Labute approximate surface area is 165 Å². The van der Waals surface area contributed by atoms with E-state index in [1.807, 2.05) is 0 Å². The largest absolute Gasteiger partial charge is 0.481 e. The third-order valence-electron chi connectivity index (χ3n) is 10.2. The second-order valence-electron chi connectivity index (χ2n) is 11.2. The zero-order chi connectivity index (χ0) is 19.4. The lowest BCUT2D eigenvalue weighted by Crippen LogP contribution is -2.54. The third-order valence-corrected chi connectivity index (χ3v) is 10.2. The molecule has 0 aromatic rings. The van der Waals surface area contributed by atoms with Gasteiger partial charge in [-0.15, -0.1) is 0 Å². The van der Waals surface area contributed by atoms with Crippen LogP contribution in [0.25, 0.3) is 0 Å². The van der Waals surface area contributed by atoms with Gasteiger partial charge in [0.2, 0.25) is 0 Å². The monoisotopic (exact) mass is 376 g/mol. The fourth-order valence-corrected chi connectivity index (χ4v) is 8.76. The van der Waals surface area contributed by atoms with Gasteiger partial charge >= 0.3 is 5.97 Å². The van der Waals surface area contributed by atoms with Gasteiger partial charge in [0.05, 0.1) is 6.10 Å². The molecule has 4 aliphatic carbocycles. The second-order valence-corrected chi connectivity index (χ2v) is 11.2. The van der Waals surface area contributed by atoms with Crippen molar-refractivity contribution in [2.45, 2.75) is 97.5 Å². The summed E-state index contributed by atoms with van der Waals surface area (Å²) in [4.78, 5) is 11.0. The first-order valence-corrected chi connectivity index (χ1v) is 11.7. The van der Waals surface area contributed by atoms with Gasteiger partial charge in [-0.3, -0.25) is 4.79 Å². The van der Waals surface area contributed by atoms with E-state index in [1.54, 1.807) is 0 Å². The van der Waals surface area contributed by atoms with Gasteiger partial charge in [0.25, 0.3) is 0 Å². The van der Waals surface area contributed by atoms with Crippen molar-refractivity contribution in [3.63, 3.8) is 0 Å². The molecule has 3 heteroatoms. The first kappa shape index (κ1) is 19.7. The predicted octanol–water partition coefficient (Wildman–Crippen LogP) is 5.51. The lowest BCUT2D eigenvalue weighted by atomic mass is 9.44. The third kappa shape index (κ3) is 3.16. The van der Waals surface area contributed by atoms with E-state index in [9.17, 15) is 9.90 Å². The zero-order valence-corrected chi connectivity index (χ0v) is 17.6. The van der Waals surface area contributed by atoms with Gasteiger partial charge < -0.3 is 10.2 Å². The van der Waals surface area contributed by atoms with Crippen molar-refractivity contribution in [2.24, 2.45) is 46.3 Å². The van der Waals surface area contributed by atoms with Crippen LogP contribution in [0.1, 0.15) is 91.4 Å². The first-order valence-electron chi connectivity index (χ1n) is 11.7. The summed E-state index contributed by atoms with van der Waals surface area (Å²) in [6.07, 6.45) is 12.4. The van der Waals surface area contributed by atoms with Gasteiger partial charge in [-0.05, 0) is 111 Å². The van der Waals surface area contributed by atoms with Crippen LogP contribution in [0.2, 0.25) is 0 Å². The van der Waals surface area contributed by atoms with Crippen molar-refractivity contribution in [1.82, 2.24) is 0 Å². The van der Waals surface area contributed by atoms with Crippen LogP contribution in [0, 0.1) is 46.3 Å². The number of hydrogen-bond acceptors (Lipinski definition) is 2. The van der Waals surface area contributed by atoms with Crippen molar-refractivity contribution < 1.29 is 15.0 Å². The summed E-state index contributed by atoms with van der Waals surface area (Å²) in [6.45, 7) is 7.43. The van der Waals surface area contributed by atoms with Gasteiger partial charge in [0.15, 0.2) is 0 Å². The van der Waals surface area contributed by atoms with E-state index < -0.39 is 5.97 Å². The molecule has 0 heterocycles. The predicted molar refractivity (Wildman–Crippen MR) is 107 cm³/mol. The van der Waals surface area contributed by atoms with Crippen molar-refractivity contribution >= 4 is 5.97 Å². The molecule has 2 N–H and O–H groups in total. The molecular formula is C24H40O3. The van der Waals surface area contributed by atoms with Gasteiger partial charge in [-0.1, -0.05) is 20.8 Å². The standard InChI is InChI=1S/C24H40O3/c1-15(4-9-22(26)27)19-7-8-20-18-6-5-16-14-17(25)10-12-23(16,2)21(18)11-13-24(19,20)3/h15-21,25H,4-14H2,1-3H3,(H,26,27)/t15-,16+,17-,18+,19-,20?,21?,23+,24-/m1/s1. The highest BCUT2D eigenvalue weighted by Gasteiger charge is 2.60. The molecule has 27 heavy (non-hydrogen) atoms. The van der Waals surface area contributed by atoms with Crippen molar-refractivity contribution in [3.05, 3.63) is 0 Å². The van der Waals surface area contributed by atoms with Gasteiger partial charge in [0, 0.05) is 6.42 Å². The Bertz CT molecular complexity index is 574. The molecule has 9 atom stereocenters. The van der Waals surface area contributed by atoms with E-state index in [4.69, 9.17) is 5.11 Å². The molecule has 0 saturated heterocycles. The molecule has 4 saturated carbocycles. The average molecular weight is 377 g/mol. The SMILES string of the molecule is C[C@H](CCC(=O)O)[C@H]1CCC2[C@@H]3CC[C@H]4C[C@H](O)CC[C@]4(C)C3CC[C@@]21C. The minimum absolute atomic E-state index is 0.0561. The number of fused-ring (bicyclic) bond motifs is 5. The summed E-state index contributed by atoms with van der Waals surface area (Å²) in [5.74, 6) is 3.91. The van der Waals surface area contributed by atoms with Crippen LogP contribution >= 0.6 is 0 Å². The summed E-state index contributed by atoms with van der Waals surface area (Å²) in [5, 5.41) is 19.3. The van der Waals surface area contributed by atoms with Gasteiger partial charge in [-0.25, -0.2) is 0 Å². The highest BCUT2D eigenvalue weighted by atomic mass is 16.4. The molecule has 0 aromatic carbocycles. The van der Waals surface area contributed by atoms with E-state index in [0.29, 0.717) is 29.1 Å². The maximum Gasteiger partial charge on any atom is 0.303 e. The van der Waals surface area contributed by atoms with Crippen LogP contribution in [0.5, 0.6) is 0 Å². The summed E-state index contributed by atoms with van der Waals surface area (Å²) < 4.78 is 0. The Morgan fingerprint density at radius 1 is 1.00 bits per heavy atom. The lowest BCUT2D eigenvalue weighted by Gasteiger charge is -2.61. The molecule has 0 spiro atoms. The Hall–Kier alpha value is -0.570. The van der Waals surface area contributed by atoms with Crippen LogP contribution in [0.3, 0.4) is 0 Å². The highest BCUT2D eigenvalue weighted by molar-refractivity contribution is 5.66. The van der Waals surface area contributed by atoms with Crippen molar-refractivity contribution in [2.75, 3.05) is 0 Å². The van der Waals surface area contributed by atoms with E-state index in [0.717, 1.165) is 42.9 Å². The Balaban J connectivity index is 1.51. The summed E-state index contributed by atoms with van der Waals surface area (Å²) in [7, 11) is 0. The first-order chi connectivity index (χ1) is 12.8. The molecule has 0 radical (unpaired) electrons. The molecule has 0 bridgehead atoms. The number of aliphatic hydroxyl groups excluding tert-OH is 1. The van der Waals surface area contributed by atoms with Crippen LogP contribution in [0.4, 0.5) is 0 Å². The minimum atomic E-state index is -0.643. The van der Waals surface area contributed by atoms with Crippen molar-refractivity contribution in [1.29, 1.82) is 0 Å². The van der Waals surface area contributed by atoms with Gasteiger partial charge in [0.1, 0.15) is 0 Å². The number of carboxylic acids is 1. The summed E-state index contributed by atoms with van der Waals surface area (Å²) >= 11 is 0. The summed E-state index contributed by atoms with van der Waals surface area (Å²) in [6, 6.07) is 0. The molecular weight excluding hydrogens is 336 g/mol. The van der Waals surface area contributed by atoms with E-state index >= 15 is 0 Å². The average Bonchev–Trinajstić information content (AvgIpc) is 2.97. The molecule has 2 unspecified atom stereocenters. The smallest absolute Gasteiger partial charge is 0.303 e. The number of aliphatic hydroxyl groups is 1. The molecule has 3 nitrogen and oxygen atoms in total. The maximum absolute atomic E-state index is 11.0. The fourth-order valence-electron chi connectivity index (χ4n) is 8.76. The van der Waals surface area contributed by atoms with E-state index in [1.165, 1.54) is 44.9 Å². The van der Waals surface area contributed by atoms with Crippen molar-refractivity contribution in [3.8, 4) is 0 Å². The molecule has 4 fully saturated rings. The molecule has 154 valence electrons. The van der Waals surface area contributed by atoms with E-state index in [-0.39, 0.29) is 6.10 Å². The van der Waals surface area contributed by atoms with E-state index in [2.05, 4.69) is 20.8 Å². The quantitative estimate of drug-likeness (QED) is 0.680. The molecule has 0 aliphatic heterocycles.